The van der Waals surface area contributed by atoms with Crippen molar-refractivity contribution in [2.45, 2.75) is 32.5 Å². The number of carbonyl (C=O) groups excluding carboxylic acids is 2. The summed E-state index contributed by atoms with van der Waals surface area (Å²) in [4.78, 5) is 27.1. The Labute approximate surface area is 261 Å². The van der Waals surface area contributed by atoms with Gasteiger partial charge >= 0.3 is 18.9 Å². The van der Waals surface area contributed by atoms with Crippen molar-refractivity contribution < 1.29 is 42.3 Å². The molecular weight excluding hydrogens is 549 g/mol. The average Bonchev–Trinajstić information content (AvgIpc) is 2.95. The number of amides is 1. The summed E-state index contributed by atoms with van der Waals surface area (Å²) in [6, 6.07) is 25.0. The summed E-state index contributed by atoms with van der Waals surface area (Å²) < 4.78 is 28.0. The molecule has 0 unspecified atom stereocenters. The molecule has 0 saturated heterocycles. The van der Waals surface area contributed by atoms with Gasteiger partial charge in [0.1, 0.15) is 11.6 Å². The third-order valence-corrected chi connectivity index (χ3v) is 7.40. The Morgan fingerprint density at radius 1 is 0.857 bits per heavy atom. The van der Waals surface area contributed by atoms with Gasteiger partial charge in [-0.3, -0.25) is 4.79 Å². The number of nitrogens with zero attached hydrogens (tertiary/aromatic N) is 1. The molecule has 4 aromatic carbocycles. The average molecular weight is 581 g/mol. The standard InChI is InChI=1S/C33H32F2N2O3S.Li/c1-22-8-6-7-11-28(22)30-18-23(12-13-29(30)32(38)36-31(33(39)40)14-15-41-2)20-37(27-9-4-3-5-10-27)21-24-16-25(34)19-26(35)17-24;/h3-13,16-19,31H,14-15,20-21H2,1-2H3,(H,36,38)(H,39,40);/q;+1/p-1/t31-;/m0./s1. The van der Waals surface area contributed by atoms with Gasteiger partial charge in [0.2, 0.25) is 0 Å². The van der Waals surface area contributed by atoms with Crippen LogP contribution in [0.2, 0.25) is 0 Å². The minimum absolute atomic E-state index is 0. The summed E-state index contributed by atoms with van der Waals surface area (Å²) in [5, 5.41) is 14.3. The molecule has 4 rings (SSSR count). The van der Waals surface area contributed by atoms with E-state index >= 15 is 0 Å². The Balaban J connectivity index is 0.00000484. The summed E-state index contributed by atoms with van der Waals surface area (Å²) in [5.74, 6) is -2.54. The van der Waals surface area contributed by atoms with Crippen LogP contribution in [-0.4, -0.2) is 29.9 Å². The van der Waals surface area contributed by atoms with E-state index in [1.165, 1.54) is 23.9 Å². The van der Waals surface area contributed by atoms with E-state index in [0.29, 0.717) is 29.0 Å². The van der Waals surface area contributed by atoms with Gasteiger partial charge in [-0.25, -0.2) is 8.78 Å². The van der Waals surface area contributed by atoms with Crippen molar-refractivity contribution in [3.05, 3.63) is 125 Å². The normalized spacial score (nSPS) is 11.3. The van der Waals surface area contributed by atoms with Crippen molar-refractivity contribution in [3.8, 4) is 11.1 Å². The van der Waals surface area contributed by atoms with Crippen molar-refractivity contribution in [2.24, 2.45) is 0 Å². The van der Waals surface area contributed by atoms with E-state index in [1.54, 1.807) is 6.07 Å². The van der Waals surface area contributed by atoms with Crippen LogP contribution in [0.3, 0.4) is 0 Å². The van der Waals surface area contributed by atoms with E-state index < -0.39 is 29.6 Å². The van der Waals surface area contributed by atoms with E-state index in [0.717, 1.165) is 28.4 Å². The Morgan fingerprint density at radius 2 is 1.50 bits per heavy atom. The van der Waals surface area contributed by atoms with Crippen LogP contribution < -0.4 is 34.2 Å². The van der Waals surface area contributed by atoms with Gasteiger partial charge in [0.25, 0.3) is 5.91 Å². The number of halogens is 2. The first-order valence-corrected chi connectivity index (χ1v) is 14.6. The molecule has 0 aliphatic carbocycles. The summed E-state index contributed by atoms with van der Waals surface area (Å²) >= 11 is 1.49. The molecular formula is C33H31F2LiN2O3S. The van der Waals surface area contributed by atoms with E-state index in [9.17, 15) is 23.5 Å². The topological polar surface area (TPSA) is 72.5 Å². The number of nitrogens with one attached hydrogen (secondary N) is 1. The molecule has 0 radical (unpaired) electrons. The molecule has 0 saturated carbocycles. The van der Waals surface area contributed by atoms with Crippen LogP contribution in [0.1, 0.15) is 33.5 Å². The second kappa shape index (κ2) is 15.6. The van der Waals surface area contributed by atoms with Gasteiger partial charge in [-0.15, -0.1) is 0 Å². The minimum Gasteiger partial charge on any atom is -0.548 e. The van der Waals surface area contributed by atoms with Gasteiger partial charge in [0.15, 0.2) is 0 Å². The van der Waals surface area contributed by atoms with Crippen LogP contribution in [0, 0.1) is 18.6 Å². The van der Waals surface area contributed by atoms with Crippen LogP contribution in [0.25, 0.3) is 11.1 Å². The zero-order chi connectivity index (χ0) is 29.4. The van der Waals surface area contributed by atoms with Gasteiger partial charge in [-0.2, -0.15) is 11.8 Å². The predicted octanol–water partition coefficient (Wildman–Crippen LogP) is 2.75. The second-order valence-electron chi connectivity index (χ2n) is 9.79. The molecule has 1 atom stereocenters. The van der Waals surface area contributed by atoms with Crippen molar-refractivity contribution in [2.75, 3.05) is 16.9 Å². The molecule has 0 bridgehead atoms. The predicted molar refractivity (Wildman–Crippen MR) is 159 cm³/mol. The number of rotatable bonds is 12. The first-order valence-electron chi connectivity index (χ1n) is 13.2. The molecule has 0 aromatic heterocycles. The molecule has 42 heavy (non-hydrogen) atoms. The zero-order valence-corrected chi connectivity index (χ0v) is 24.7. The van der Waals surface area contributed by atoms with Crippen molar-refractivity contribution in [1.82, 2.24) is 5.32 Å². The number of thioether (sulfide) groups is 1. The number of aryl methyl sites for hydroxylation is 1. The maximum Gasteiger partial charge on any atom is 1.00 e. The van der Waals surface area contributed by atoms with Gasteiger partial charge in [0.05, 0.1) is 12.0 Å². The van der Waals surface area contributed by atoms with Crippen LogP contribution in [-0.2, 0) is 17.9 Å². The largest absolute Gasteiger partial charge is 1.00 e. The van der Waals surface area contributed by atoms with Crippen LogP contribution in [0.15, 0.2) is 91.0 Å². The molecule has 0 fully saturated rings. The number of carbonyl (C=O) groups is 2. The third kappa shape index (κ3) is 8.72. The molecule has 4 aromatic rings. The van der Waals surface area contributed by atoms with Crippen molar-refractivity contribution >= 4 is 29.3 Å². The smallest absolute Gasteiger partial charge is 0.548 e. The van der Waals surface area contributed by atoms with E-state index in [2.05, 4.69) is 5.32 Å². The number of aliphatic carboxylic acids is 1. The van der Waals surface area contributed by atoms with E-state index in [-0.39, 0.29) is 31.8 Å². The molecule has 1 N–H and O–H groups in total. The summed E-state index contributed by atoms with van der Waals surface area (Å²) in [6.45, 7) is 2.59. The number of carboxylic acid groups (broad SMARTS) is 1. The first kappa shape index (κ1) is 32.9. The fraction of sp³-hybridized carbons (Fsp3) is 0.212. The quantitative estimate of drug-likeness (QED) is 0.261. The summed E-state index contributed by atoms with van der Waals surface area (Å²) in [7, 11) is 0. The molecule has 1 amide bonds. The Morgan fingerprint density at radius 3 is 2.14 bits per heavy atom. The van der Waals surface area contributed by atoms with Gasteiger partial charge in [-0.1, -0.05) is 48.5 Å². The number of benzene rings is 4. The number of anilines is 1. The van der Waals surface area contributed by atoms with Gasteiger partial charge in [-0.05, 0) is 89.6 Å². The number of carboxylic acids is 1. The van der Waals surface area contributed by atoms with Gasteiger partial charge < -0.3 is 20.1 Å². The second-order valence-corrected chi connectivity index (χ2v) is 10.8. The summed E-state index contributed by atoms with van der Waals surface area (Å²) in [5.41, 5.74) is 5.00. The molecule has 0 aliphatic rings. The molecule has 212 valence electrons. The molecule has 0 aliphatic heterocycles. The molecule has 0 spiro atoms. The monoisotopic (exact) mass is 580 g/mol. The van der Waals surface area contributed by atoms with Crippen LogP contribution in [0.4, 0.5) is 14.5 Å². The third-order valence-electron chi connectivity index (χ3n) is 6.75. The Kier molecular flexibility index (Phi) is 12.2. The first-order chi connectivity index (χ1) is 19.7. The maximum atomic E-state index is 14.0. The van der Waals surface area contributed by atoms with E-state index in [1.807, 2.05) is 84.8 Å². The molecule has 9 heteroatoms. The number of hydrogen-bond donors (Lipinski definition) is 1. The Bertz CT molecular complexity index is 1500. The van der Waals surface area contributed by atoms with Crippen LogP contribution >= 0.6 is 11.8 Å². The minimum atomic E-state index is -1.33. The van der Waals surface area contributed by atoms with Crippen LogP contribution in [0.5, 0.6) is 0 Å². The van der Waals surface area contributed by atoms with Gasteiger partial charge in [0, 0.05) is 30.4 Å². The Hall–Kier alpha value is -3.57. The summed E-state index contributed by atoms with van der Waals surface area (Å²) in [6.07, 6.45) is 2.12. The number of hydrogen-bond acceptors (Lipinski definition) is 5. The number of para-hydroxylation sites is 1. The molecule has 5 nitrogen and oxygen atoms in total. The zero-order valence-electron chi connectivity index (χ0n) is 23.9. The fourth-order valence-corrected chi connectivity index (χ4v) is 5.20. The van der Waals surface area contributed by atoms with E-state index in [4.69, 9.17) is 0 Å². The van der Waals surface area contributed by atoms with Crippen molar-refractivity contribution in [3.63, 3.8) is 0 Å². The maximum absolute atomic E-state index is 14.0. The fourth-order valence-electron chi connectivity index (χ4n) is 4.73. The molecule has 0 heterocycles. The SMILES string of the molecule is CSCC[C@H](NC(=O)c1ccc(CN(Cc2cc(F)cc(F)c2)c2ccccc2)cc1-c1ccccc1C)C(=O)[O-].[Li+]. The van der Waals surface area contributed by atoms with Crippen molar-refractivity contribution in [1.29, 1.82) is 0 Å².